The molecule has 3 rings (SSSR count). The summed E-state index contributed by atoms with van der Waals surface area (Å²) in [6, 6.07) is 5.26. The number of nitrogens with one attached hydrogen (secondary N) is 1. The highest BCUT2D eigenvalue weighted by atomic mass is 16.5. The van der Waals surface area contributed by atoms with Gasteiger partial charge in [0.2, 0.25) is 0 Å². The maximum atomic E-state index is 11.8. The van der Waals surface area contributed by atoms with Gasteiger partial charge in [-0.3, -0.25) is 10.1 Å². The van der Waals surface area contributed by atoms with Gasteiger partial charge in [-0.05, 0) is 24.6 Å². The van der Waals surface area contributed by atoms with Gasteiger partial charge in [-0.15, -0.1) is 0 Å². The van der Waals surface area contributed by atoms with Crippen LogP contribution >= 0.6 is 0 Å². The van der Waals surface area contributed by atoms with Gasteiger partial charge >= 0.3 is 11.9 Å². The number of nitrogens with zero attached hydrogens (tertiary/aromatic N) is 2. The summed E-state index contributed by atoms with van der Waals surface area (Å²) in [5.41, 5.74) is 2.09. The molecule has 2 heterocycles. The second-order valence-corrected chi connectivity index (χ2v) is 5.79. The van der Waals surface area contributed by atoms with Crippen molar-refractivity contribution in [2.75, 3.05) is 27.4 Å². The van der Waals surface area contributed by atoms with Crippen LogP contribution in [0.5, 0.6) is 0 Å². The molecule has 0 spiro atoms. The Labute approximate surface area is 145 Å². The summed E-state index contributed by atoms with van der Waals surface area (Å²) in [7, 11) is 2.70. The summed E-state index contributed by atoms with van der Waals surface area (Å²) in [6.45, 7) is 1.92. The van der Waals surface area contributed by atoms with Crippen LogP contribution in [-0.4, -0.2) is 55.0 Å². The predicted molar refractivity (Wildman–Crippen MR) is 89.2 cm³/mol. The second-order valence-electron chi connectivity index (χ2n) is 5.79. The summed E-state index contributed by atoms with van der Waals surface area (Å²) in [4.78, 5) is 27.7. The van der Waals surface area contributed by atoms with Crippen LogP contribution in [0.4, 0.5) is 0 Å². The quantitative estimate of drug-likeness (QED) is 0.743. The third kappa shape index (κ3) is 3.80. The van der Waals surface area contributed by atoms with E-state index < -0.39 is 0 Å². The van der Waals surface area contributed by atoms with Crippen LogP contribution in [0.3, 0.4) is 0 Å². The zero-order chi connectivity index (χ0) is 17.8. The van der Waals surface area contributed by atoms with Crippen molar-refractivity contribution >= 4 is 23.0 Å². The highest BCUT2D eigenvalue weighted by molar-refractivity contribution is 5.93. The topological polar surface area (TPSA) is 91.7 Å². The van der Waals surface area contributed by atoms with E-state index in [0.29, 0.717) is 18.7 Å². The molecule has 1 saturated heterocycles. The number of carbonyl (C=O) groups excluding carboxylic acids is 2. The van der Waals surface area contributed by atoms with Gasteiger partial charge in [-0.25, -0.2) is 9.78 Å². The second kappa shape index (κ2) is 7.62. The van der Waals surface area contributed by atoms with E-state index in [0.717, 1.165) is 29.9 Å². The molecule has 1 fully saturated rings. The Hall–Kier alpha value is -2.45. The summed E-state index contributed by atoms with van der Waals surface area (Å²) in [6.07, 6.45) is 1.13. The highest BCUT2D eigenvalue weighted by Crippen LogP contribution is 2.22. The van der Waals surface area contributed by atoms with Crippen LogP contribution in [0.15, 0.2) is 18.2 Å². The van der Waals surface area contributed by atoms with E-state index >= 15 is 0 Å². The number of benzene rings is 1. The van der Waals surface area contributed by atoms with E-state index in [4.69, 9.17) is 9.47 Å². The van der Waals surface area contributed by atoms with Gasteiger partial charge in [0.15, 0.2) is 0 Å². The Balaban J connectivity index is 1.89. The summed E-state index contributed by atoms with van der Waals surface area (Å²) in [5, 5.41) is 3.02. The first-order chi connectivity index (χ1) is 12.1. The Morgan fingerprint density at radius 1 is 1.36 bits per heavy atom. The zero-order valence-corrected chi connectivity index (χ0v) is 14.3. The van der Waals surface area contributed by atoms with Gasteiger partial charge in [0.25, 0.3) is 0 Å². The zero-order valence-electron chi connectivity index (χ0n) is 14.3. The first kappa shape index (κ1) is 17.4. The number of methoxy groups -OCH3 is 2. The average molecular weight is 347 g/mol. The molecular weight excluding hydrogens is 326 g/mol. The number of fused-ring (bicyclic) bond motifs is 1. The van der Waals surface area contributed by atoms with Gasteiger partial charge in [-0.2, -0.15) is 0 Å². The average Bonchev–Trinajstić information content (AvgIpc) is 2.93. The molecule has 1 N–H and O–H groups in total. The number of esters is 2. The van der Waals surface area contributed by atoms with E-state index in [2.05, 4.69) is 15.0 Å². The van der Waals surface area contributed by atoms with E-state index in [1.54, 1.807) is 18.2 Å². The molecule has 1 aliphatic rings. The normalized spacial score (nSPS) is 16.5. The molecule has 1 aliphatic heterocycles. The lowest BCUT2D eigenvalue weighted by atomic mass is 10.1. The molecule has 0 radical (unpaired) electrons. The standard InChI is InChI=1S/C17H21N3O5/c1-23-16(21)9-18-8-15-19-13-4-3-11(17(22)24-2)7-14(13)20(15)10-12-5-6-25-12/h3-4,7,12,18H,5-6,8-10H2,1-2H3. The number of imidazole rings is 1. The minimum Gasteiger partial charge on any atom is -0.468 e. The van der Waals surface area contributed by atoms with Crippen molar-refractivity contribution in [3.63, 3.8) is 0 Å². The maximum absolute atomic E-state index is 11.8. The van der Waals surface area contributed by atoms with Crippen LogP contribution < -0.4 is 5.32 Å². The predicted octanol–water partition coefficient (Wildman–Crippen LogP) is 0.874. The molecule has 25 heavy (non-hydrogen) atoms. The lowest BCUT2D eigenvalue weighted by molar-refractivity contribution is -0.139. The number of hydrogen-bond acceptors (Lipinski definition) is 7. The van der Waals surface area contributed by atoms with Gasteiger partial charge in [0.1, 0.15) is 5.82 Å². The van der Waals surface area contributed by atoms with Gasteiger partial charge < -0.3 is 18.8 Å². The number of carbonyl (C=O) groups is 2. The third-order valence-corrected chi connectivity index (χ3v) is 4.21. The van der Waals surface area contributed by atoms with Crippen molar-refractivity contribution in [1.82, 2.24) is 14.9 Å². The van der Waals surface area contributed by atoms with Crippen LogP contribution in [0.25, 0.3) is 11.0 Å². The maximum Gasteiger partial charge on any atom is 0.337 e. The Bertz CT molecular complexity index is 782. The van der Waals surface area contributed by atoms with E-state index in [-0.39, 0.29) is 24.6 Å². The van der Waals surface area contributed by atoms with Crippen molar-refractivity contribution in [3.05, 3.63) is 29.6 Å². The fraction of sp³-hybridized carbons (Fsp3) is 0.471. The lowest BCUT2D eigenvalue weighted by Gasteiger charge is -2.27. The van der Waals surface area contributed by atoms with Gasteiger partial charge in [0.05, 0.1) is 56.6 Å². The first-order valence-corrected chi connectivity index (χ1v) is 8.09. The van der Waals surface area contributed by atoms with E-state index in [1.165, 1.54) is 14.2 Å². The molecule has 0 bridgehead atoms. The van der Waals surface area contributed by atoms with Gasteiger partial charge in [-0.1, -0.05) is 0 Å². The molecular formula is C17H21N3O5. The summed E-state index contributed by atoms with van der Waals surface area (Å²) < 4.78 is 17.0. The molecule has 1 aromatic carbocycles. The molecule has 0 aliphatic carbocycles. The summed E-state index contributed by atoms with van der Waals surface area (Å²) in [5.74, 6) is 0.0503. The van der Waals surface area contributed by atoms with Crippen molar-refractivity contribution in [3.8, 4) is 0 Å². The van der Waals surface area contributed by atoms with E-state index in [9.17, 15) is 9.59 Å². The van der Waals surface area contributed by atoms with Crippen molar-refractivity contribution in [2.24, 2.45) is 0 Å². The largest absolute Gasteiger partial charge is 0.468 e. The fourth-order valence-corrected chi connectivity index (χ4v) is 2.74. The Morgan fingerprint density at radius 3 is 2.80 bits per heavy atom. The van der Waals surface area contributed by atoms with Crippen LogP contribution in [0, 0.1) is 0 Å². The van der Waals surface area contributed by atoms with Gasteiger partial charge in [0, 0.05) is 6.61 Å². The van der Waals surface area contributed by atoms with Crippen LogP contribution in [-0.2, 0) is 32.1 Å². The molecule has 0 amide bonds. The SMILES string of the molecule is COC(=O)CNCc1nc2ccc(C(=O)OC)cc2n1CC1CCO1. The molecule has 1 unspecified atom stereocenters. The smallest absolute Gasteiger partial charge is 0.337 e. The third-order valence-electron chi connectivity index (χ3n) is 4.21. The minimum absolute atomic E-state index is 0.104. The number of hydrogen-bond donors (Lipinski definition) is 1. The Morgan fingerprint density at radius 2 is 2.16 bits per heavy atom. The lowest BCUT2D eigenvalue weighted by Crippen LogP contribution is -2.32. The summed E-state index contributed by atoms with van der Waals surface area (Å²) >= 11 is 0. The highest BCUT2D eigenvalue weighted by Gasteiger charge is 2.22. The number of ether oxygens (including phenoxy) is 3. The number of aromatic nitrogens is 2. The van der Waals surface area contributed by atoms with Crippen molar-refractivity contribution < 1.29 is 23.8 Å². The van der Waals surface area contributed by atoms with Crippen LogP contribution in [0.1, 0.15) is 22.6 Å². The first-order valence-electron chi connectivity index (χ1n) is 8.09. The number of rotatable bonds is 7. The van der Waals surface area contributed by atoms with Crippen molar-refractivity contribution in [2.45, 2.75) is 25.6 Å². The van der Waals surface area contributed by atoms with Crippen LogP contribution in [0.2, 0.25) is 0 Å². The molecule has 0 saturated carbocycles. The van der Waals surface area contributed by atoms with Crippen molar-refractivity contribution in [1.29, 1.82) is 0 Å². The fourth-order valence-electron chi connectivity index (χ4n) is 2.74. The minimum atomic E-state index is -0.389. The molecule has 2 aromatic rings. The monoisotopic (exact) mass is 347 g/mol. The van der Waals surface area contributed by atoms with E-state index in [1.807, 2.05) is 4.57 Å². The molecule has 134 valence electrons. The molecule has 8 heteroatoms. The Kier molecular flexibility index (Phi) is 5.30. The molecule has 1 atom stereocenters. The molecule has 8 nitrogen and oxygen atoms in total. The molecule has 1 aromatic heterocycles.